The molecule has 0 aliphatic heterocycles. The van der Waals surface area contributed by atoms with Crippen LogP contribution in [0.25, 0.3) is 22.1 Å². The van der Waals surface area contributed by atoms with E-state index in [9.17, 15) is 4.79 Å². The lowest BCUT2D eigenvalue weighted by atomic mass is 10.0. The van der Waals surface area contributed by atoms with E-state index in [1.54, 1.807) is 32.6 Å². The summed E-state index contributed by atoms with van der Waals surface area (Å²) in [6.07, 6.45) is 1.70. The Morgan fingerprint density at radius 2 is 1.77 bits per heavy atom. The Morgan fingerprint density at radius 1 is 0.933 bits per heavy atom. The number of esters is 1. The van der Waals surface area contributed by atoms with Crippen LogP contribution < -0.4 is 14.2 Å². The summed E-state index contributed by atoms with van der Waals surface area (Å²) in [5, 5.41) is 0.898. The van der Waals surface area contributed by atoms with Gasteiger partial charge in [0.05, 0.1) is 27.6 Å². The van der Waals surface area contributed by atoms with E-state index in [2.05, 4.69) is 4.74 Å². The van der Waals surface area contributed by atoms with Gasteiger partial charge in [-0.05, 0) is 48.0 Å². The lowest BCUT2D eigenvalue weighted by molar-refractivity contribution is 0.0561. The van der Waals surface area contributed by atoms with Crippen LogP contribution in [0.3, 0.4) is 0 Å². The fraction of sp³-hybridized carbons (Fsp3) is 0.174. The van der Waals surface area contributed by atoms with Gasteiger partial charge in [0.15, 0.2) is 11.5 Å². The summed E-state index contributed by atoms with van der Waals surface area (Å²) < 4.78 is 32.3. The zero-order chi connectivity index (χ0) is 21.1. The molecule has 2 heterocycles. The molecule has 0 aliphatic rings. The summed E-state index contributed by atoms with van der Waals surface area (Å²) in [6.45, 7) is 0.173. The van der Waals surface area contributed by atoms with Crippen LogP contribution in [-0.4, -0.2) is 27.3 Å². The standard InChI is InChI=1S/C23H20O7/c1-25-20-7-4-14(10-22(20)26-2)18-13-29-19-8-5-15(11-17(18)19)28-12-16-6-9-21(30-16)23(24)27-3/h4-11,13H,12H2,1-3H3. The van der Waals surface area contributed by atoms with Crippen LogP contribution in [0, 0.1) is 0 Å². The molecule has 0 saturated heterocycles. The van der Waals surface area contributed by atoms with Crippen LogP contribution in [0.15, 0.2) is 63.6 Å². The molecule has 0 saturated carbocycles. The minimum Gasteiger partial charge on any atom is -0.493 e. The monoisotopic (exact) mass is 408 g/mol. The maximum absolute atomic E-state index is 11.5. The normalized spacial score (nSPS) is 10.8. The molecule has 7 nitrogen and oxygen atoms in total. The smallest absolute Gasteiger partial charge is 0.373 e. The summed E-state index contributed by atoms with van der Waals surface area (Å²) in [6, 6.07) is 14.5. The molecule has 154 valence electrons. The molecule has 2 aromatic carbocycles. The summed E-state index contributed by atoms with van der Waals surface area (Å²) in [5.41, 5.74) is 2.57. The van der Waals surface area contributed by atoms with Crippen molar-refractivity contribution in [3.8, 4) is 28.4 Å². The van der Waals surface area contributed by atoms with Crippen molar-refractivity contribution in [1.82, 2.24) is 0 Å². The van der Waals surface area contributed by atoms with Gasteiger partial charge in [-0.2, -0.15) is 0 Å². The first-order valence-electron chi connectivity index (χ1n) is 9.16. The Labute approximate surface area is 172 Å². The van der Waals surface area contributed by atoms with Crippen molar-refractivity contribution in [3.63, 3.8) is 0 Å². The highest BCUT2D eigenvalue weighted by atomic mass is 16.5. The van der Waals surface area contributed by atoms with Gasteiger partial charge >= 0.3 is 5.97 Å². The van der Waals surface area contributed by atoms with E-state index < -0.39 is 5.97 Å². The number of benzene rings is 2. The van der Waals surface area contributed by atoms with Gasteiger partial charge in [0.1, 0.15) is 23.7 Å². The molecule has 0 fully saturated rings. The van der Waals surface area contributed by atoms with Gasteiger partial charge in [-0.3, -0.25) is 0 Å². The summed E-state index contributed by atoms with van der Waals surface area (Å²) >= 11 is 0. The molecule has 0 spiro atoms. The van der Waals surface area contributed by atoms with E-state index in [0.29, 0.717) is 23.0 Å². The first kappa shape index (κ1) is 19.4. The highest BCUT2D eigenvalue weighted by Gasteiger charge is 2.14. The molecule has 0 aliphatic carbocycles. The average Bonchev–Trinajstić information content (AvgIpc) is 3.43. The third kappa shape index (κ3) is 3.69. The Hall–Kier alpha value is -3.87. The lowest BCUT2D eigenvalue weighted by Gasteiger charge is -2.09. The number of rotatable bonds is 7. The third-order valence-corrected chi connectivity index (χ3v) is 4.67. The molecule has 2 aromatic heterocycles. The fourth-order valence-corrected chi connectivity index (χ4v) is 3.15. The number of carbonyl (C=O) groups excluding carboxylic acids is 1. The predicted molar refractivity (Wildman–Crippen MR) is 109 cm³/mol. The molecule has 0 unspecified atom stereocenters. The number of methoxy groups -OCH3 is 3. The number of ether oxygens (including phenoxy) is 4. The highest BCUT2D eigenvalue weighted by Crippen LogP contribution is 2.37. The Morgan fingerprint density at radius 3 is 2.53 bits per heavy atom. The molecule has 30 heavy (non-hydrogen) atoms. The molecule has 0 radical (unpaired) electrons. The Kier molecular flexibility index (Phi) is 5.34. The van der Waals surface area contributed by atoms with Crippen molar-refractivity contribution in [2.24, 2.45) is 0 Å². The molecule has 4 rings (SSSR count). The van der Waals surface area contributed by atoms with E-state index in [1.807, 2.05) is 36.4 Å². The second kappa shape index (κ2) is 8.24. The van der Waals surface area contributed by atoms with Crippen molar-refractivity contribution in [1.29, 1.82) is 0 Å². The van der Waals surface area contributed by atoms with Gasteiger partial charge in [-0.25, -0.2) is 4.79 Å². The number of fused-ring (bicyclic) bond motifs is 1. The van der Waals surface area contributed by atoms with Crippen LogP contribution >= 0.6 is 0 Å². The predicted octanol–water partition coefficient (Wildman–Crippen LogP) is 5.08. The van der Waals surface area contributed by atoms with Gasteiger partial charge in [-0.15, -0.1) is 0 Å². The van der Waals surface area contributed by atoms with E-state index in [1.165, 1.54) is 7.11 Å². The fourth-order valence-electron chi connectivity index (χ4n) is 3.15. The van der Waals surface area contributed by atoms with Crippen molar-refractivity contribution in [2.75, 3.05) is 21.3 Å². The van der Waals surface area contributed by atoms with E-state index >= 15 is 0 Å². The zero-order valence-electron chi connectivity index (χ0n) is 16.8. The largest absolute Gasteiger partial charge is 0.493 e. The average molecular weight is 408 g/mol. The van der Waals surface area contributed by atoms with Crippen molar-refractivity contribution in [2.45, 2.75) is 6.61 Å². The quantitative estimate of drug-likeness (QED) is 0.395. The molecular formula is C23H20O7. The molecule has 0 bridgehead atoms. The molecule has 0 N–H and O–H groups in total. The van der Waals surface area contributed by atoms with Crippen LogP contribution in [0.4, 0.5) is 0 Å². The van der Waals surface area contributed by atoms with Gasteiger partial charge in [0, 0.05) is 10.9 Å². The first-order valence-corrected chi connectivity index (χ1v) is 9.16. The molecule has 7 heteroatoms. The molecule has 0 atom stereocenters. The van der Waals surface area contributed by atoms with Crippen molar-refractivity contribution >= 4 is 16.9 Å². The van der Waals surface area contributed by atoms with Crippen molar-refractivity contribution in [3.05, 3.63) is 66.3 Å². The van der Waals surface area contributed by atoms with E-state index in [-0.39, 0.29) is 12.4 Å². The Bertz CT molecular complexity index is 1190. The first-order chi connectivity index (χ1) is 14.6. The molecule has 4 aromatic rings. The van der Waals surface area contributed by atoms with Crippen LogP contribution in [-0.2, 0) is 11.3 Å². The highest BCUT2D eigenvalue weighted by molar-refractivity contribution is 5.95. The number of carbonyl (C=O) groups is 1. The summed E-state index contributed by atoms with van der Waals surface area (Å²) in [7, 11) is 4.50. The molecule has 0 amide bonds. The van der Waals surface area contributed by atoms with Gasteiger partial charge in [0.2, 0.25) is 5.76 Å². The summed E-state index contributed by atoms with van der Waals surface area (Å²) in [5.74, 6) is 2.06. The minimum atomic E-state index is -0.527. The van der Waals surface area contributed by atoms with Crippen molar-refractivity contribution < 1.29 is 32.6 Å². The van der Waals surface area contributed by atoms with Gasteiger partial charge in [-0.1, -0.05) is 6.07 Å². The number of hydrogen-bond donors (Lipinski definition) is 0. The lowest BCUT2D eigenvalue weighted by Crippen LogP contribution is -1.99. The van der Waals surface area contributed by atoms with E-state index in [0.717, 1.165) is 22.1 Å². The van der Waals surface area contributed by atoms with Gasteiger partial charge in [0.25, 0.3) is 0 Å². The van der Waals surface area contributed by atoms with Crippen LogP contribution in [0.2, 0.25) is 0 Å². The molecular weight excluding hydrogens is 388 g/mol. The number of furan rings is 2. The summed E-state index contributed by atoms with van der Waals surface area (Å²) in [4.78, 5) is 11.5. The maximum atomic E-state index is 11.5. The second-order valence-corrected chi connectivity index (χ2v) is 6.42. The second-order valence-electron chi connectivity index (χ2n) is 6.42. The van der Waals surface area contributed by atoms with Crippen LogP contribution in [0.1, 0.15) is 16.3 Å². The van der Waals surface area contributed by atoms with Crippen LogP contribution in [0.5, 0.6) is 17.2 Å². The zero-order valence-corrected chi connectivity index (χ0v) is 16.8. The van der Waals surface area contributed by atoms with E-state index in [4.69, 9.17) is 23.0 Å². The van der Waals surface area contributed by atoms with Gasteiger partial charge < -0.3 is 27.8 Å². The third-order valence-electron chi connectivity index (χ3n) is 4.67. The topological polar surface area (TPSA) is 80.3 Å². The Balaban J connectivity index is 1.59. The minimum absolute atomic E-state index is 0.136. The number of hydrogen-bond acceptors (Lipinski definition) is 7. The SMILES string of the molecule is COC(=O)c1ccc(COc2ccc3occ(-c4ccc(OC)c(OC)c4)c3c2)o1. The maximum Gasteiger partial charge on any atom is 0.373 e.